The molecule has 0 aliphatic rings. The van der Waals surface area contributed by atoms with Crippen LogP contribution in [0.5, 0.6) is 0 Å². The van der Waals surface area contributed by atoms with Gasteiger partial charge in [-0.3, -0.25) is 4.99 Å². The van der Waals surface area contributed by atoms with Crippen LogP contribution in [0.15, 0.2) is 35.3 Å². The van der Waals surface area contributed by atoms with Gasteiger partial charge in [0.25, 0.3) is 0 Å². The minimum atomic E-state index is 0.236. The predicted molar refractivity (Wildman–Crippen MR) is 75.8 cm³/mol. The fourth-order valence-electron chi connectivity index (χ4n) is 1.65. The quantitative estimate of drug-likeness (QED) is 0.460. The standard InChI is InChI=1S/C14H23N3O/c1-12(13-8-5-4-6-9-13)17-14(15-2)16-10-7-11-18-3/h4-6,8-9,12H,7,10-11H2,1-3H3,(H2,15,16,17). The van der Waals surface area contributed by atoms with Crippen LogP contribution in [0.3, 0.4) is 0 Å². The maximum Gasteiger partial charge on any atom is 0.191 e. The molecule has 0 aliphatic carbocycles. The molecule has 1 unspecified atom stereocenters. The molecule has 0 amide bonds. The van der Waals surface area contributed by atoms with E-state index in [1.165, 1.54) is 5.56 Å². The first-order valence-corrected chi connectivity index (χ1v) is 6.29. The second kappa shape index (κ2) is 8.53. The Kier molecular flexibility index (Phi) is 6.87. The Morgan fingerprint density at radius 2 is 2.06 bits per heavy atom. The van der Waals surface area contributed by atoms with Gasteiger partial charge in [-0.2, -0.15) is 0 Å². The van der Waals surface area contributed by atoms with Gasteiger partial charge < -0.3 is 15.4 Å². The Morgan fingerprint density at radius 3 is 2.67 bits per heavy atom. The van der Waals surface area contributed by atoms with Crippen LogP contribution in [0, 0.1) is 0 Å². The first kappa shape index (κ1) is 14.5. The van der Waals surface area contributed by atoms with Crippen LogP contribution >= 0.6 is 0 Å². The lowest BCUT2D eigenvalue weighted by Gasteiger charge is -2.18. The van der Waals surface area contributed by atoms with Crippen molar-refractivity contribution in [3.8, 4) is 0 Å². The maximum atomic E-state index is 5.01. The molecule has 0 bridgehead atoms. The van der Waals surface area contributed by atoms with Crippen molar-refractivity contribution in [2.45, 2.75) is 19.4 Å². The topological polar surface area (TPSA) is 45.7 Å². The lowest BCUT2D eigenvalue weighted by molar-refractivity contribution is 0.195. The van der Waals surface area contributed by atoms with Gasteiger partial charge in [0.1, 0.15) is 0 Å². The number of hydrogen-bond donors (Lipinski definition) is 2. The fraction of sp³-hybridized carbons (Fsp3) is 0.500. The van der Waals surface area contributed by atoms with Crippen molar-refractivity contribution in [1.29, 1.82) is 0 Å². The Balaban J connectivity index is 2.39. The van der Waals surface area contributed by atoms with E-state index in [2.05, 4.69) is 34.7 Å². The highest BCUT2D eigenvalue weighted by molar-refractivity contribution is 5.80. The summed E-state index contributed by atoms with van der Waals surface area (Å²) in [5.74, 6) is 0.822. The normalized spacial score (nSPS) is 13.2. The number of aliphatic imine (C=N–C) groups is 1. The molecule has 0 saturated heterocycles. The van der Waals surface area contributed by atoms with E-state index in [0.717, 1.165) is 25.5 Å². The zero-order valence-corrected chi connectivity index (χ0v) is 11.4. The van der Waals surface area contributed by atoms with Crippen LogP contribution < -0.4 is 10.6 Å². The van der Waals surface area contributed by atoms with Gasteiger partial charge in [0, 0.05) is 27.3 Å². The summed E-state index contributed by atoms with van der Waals surface area (Å²) in [4.78, 5) is 4.20. The van der Waals surface area contributed by atoms with Gasteiger partial charge in [-0.1, -0.05) is 30.3 Å². The van der Waals surface area contributed by atoms with Crippen molar-refractivity contribution in [3.05, 3.63) is 35.9 Å². The minimum Gasteiger partial charge on any atom is -0.385 e. The van der Waals surface area contributed by atoms with Gasteiger partial charge in [0.2, 0.25) is 0 Å². The number of guanidine groups is 1. The zero-order chi connectivity index (χ0) is 13.2. The Hall–Kier alpha value is -1.55. The number of rotatable bonds is 6. The zero-order valence-electron chi connectivity index (χ0n) is 11.4. The number of methoxy groups -OCH3 is 1. The Bertz CT molecular complexity index is 351. The van der Waals surface area contributed by atoms with Crippen LogP contribution in [-0.2, 0) is 4.74 Å². The summed E-state index contributed by atoms with van der Waals surface area (Å²) in [6, 6.07) is 10.6. The summed E-state index contributed by atoms with van der Waals surface area (Å²) in [7, 11) is 3.49. The van der Waals surface area contributed by atoms with E-state index in [1.807, 2.05) is 18.2 Å². The molecule has 100 valence electrons. The molecule has 1 rings (SSSR count). The van der Waals surface area contributed by atoms with Crippen molar-refractivity contribution < 1.29 is 4.74 Å². The largest absolute Gasteiger partial charge is 0.385 e. The average Bonchev–Trinajstić information content (AvgIpc) is 2.43. The van der Waals surface area contributed by atoms with Crippen LogP contribution in [0.4, 0.5) is 0 Å². The molecule has 0 radical (unpaired) electrons. The van der Waals surface area contributed by atoms with Gasteiger partial charge >= 0.3 is 0 Å². The molecule has 18 heavy (non-hydrogen) atoms. The summed E-state index contributed by atoms with van der Waals surface area (Å²) >= 11 is 0. The maximum absolute atomic E-state index is 5.01. The van der Waals surface area contributed by atoms with Gasteiger partial charge in [0.05, 0.1) is 6.04 Å². The molecular formula is C14H23N3O. The second-order valence-corrected chi connectivity index (χ2v) is 4.12. The van der Waals surface area contributed by atoms with Crippen molar-refractivity contribution in [2.24, 2.45) is 4.99 Å². The van der Waals surface area contributed by atoms with Crippen molar-refractivity contribution in [3.63, 3.8) is 0 Å². The first-order chi connectivity index (χ1) is 8.77. The van der Waals surface area contributed by atoms with E-state index in [9.17, 15) is 0 Å². The highest BCUT2D eigenvalue weighted by atomic mass is 16.5. The highest BCUT2D eigenvalue weighted by Gasteiger charge is 2.06. The molecular weight excluding hydrogens is 226 g/mol. The molecule has 4 nitrogen and oxygen atoms in total. The monoisotopic (exact) mass is 249 g/mol. The third-order valence-electron chi connectivity index (χ3n) is 2.69. The molecule has 1 atom stereocenters. The minimum absolute atomic E-state index is 0.236. The Morgan fingerprint density at radius 1 is 1.33 bits per heavy atom. The molecule has 0 aromatic heterocycles. The lowest BCUT2D eigenvalue weighted by atomic mass is 10.1. The first-order valence-electron chi connectivity index (χ1n) is 6.29. The number of ether oxygens (including phenoxy) is 1. The smallest absolute Gasteiger partial charge is 0.191 e. The summed E-state index contributed by atoms with van der Waals surface area (Å²) in [5.41, 5.74) is 1.25. The highest BCUT2D eigenvalue weighted by Crippen LogP contribution is 2.10. The molecule has 0 fully saturated rings. The SMILES string of the molecule is CN=C(NCCCOC)NC(C)c1ccccc1. The molecule has 0 aliphatic heterocycles. The average molecular weight is 249 g/mol. The van der Waals surface area contributed by atoms with Crippen molar-refractivity contribution >= 4 is 5.96 Å². The third-order valence-corrected chi connectivity index (χ3v) is 2.69. The molecule has 2 N–H and O–H groups in total. The van der Waals surface area contributed by atoms with Crippen LogP contribution in [0.2, 0.25) is 0 Å². The fourth-order valence-corrected chi connectivity index (χ4v) is 1.65. The Labute approximate surface area is 109 Å². The van der Waals surface area contributed by atoms with Gasteiger partial charge in [0.15, 0.2) is 5.96 Å². The summed E-state index contributed by atoms with van der Waals surface area (Å²) in [6.07, 6.45) is 0.969. The van der Waals surface area contributed by atoms with E-state index in [0.29, 0.717) is 0 Å². The lowest BCUT2D eigenvalue weighted by Crippen LogP contribution is -2.39. The van der Waals surface area contributed by atoms with Gasteiger partial charge in [-0.05, 0) is 18.9 Å². The van der Waals surface area contributed by atoms with E-state index in [-0.39, 0.29) is 6.04 Å². The van der Waals surface area contributed by atoms with Crippen LogP contribution in [0.25, 0.3) is 0 Å². The molecule has 4 heteroatoms. The van der Waals surface area contributed by atoms with Crippen molar-refractivity contribution in [1.82, 2.24) is 10.6 Å². The summed E-state index contributed by atoms with van der Waals surface area (Å²) in [6.45, 7) is 3.74. The molecule has 1 aromatic carbocycles. The van der Waals surface area contributed by atoms with Gasteiger partial charge in [-0.25, -0.2) is 0 Å². The van der Waals surface area contributed by atoms with E-state index >= 15 is 0 Å². The second-order valence-electron chi connectivity index (χ2n) is 4.12. The number of hydrogen-bond acceptors (Lipinski definition) is 2. The molecule has 0 spiro atoms. The number of nitrogens with zero attached hydrogens (tertiary/aromatic N) is 1. The van der Waals surface area contributed by atoms with E-state index < -0.39 is 0 Å². The van der Waals surface area contributed by atoms with E-state index in [1.54, 1.807) is 14.2 Å². The third kappa shape index (κ3) is 5.19. The van der Waals surface area contributed by atoms with Crippen LogP contribution in [0.1, 0.15) is 24.9 Å². The van der Waals surface area contributed by atoms with Crippen LogP contribution in [-0.4, -0.2) is 33.3 Å². The molecule has 1 aromatic rings. The summed E-state index contributed by atoms with van der Waals surface area (Å²) in [5, 5.41) is 6.62. The van der Waals surface area contributed by atoms with Crippen molar-refractivity contribution in [2.75, 3.05) is 27.3 Å². The van der Waals surface area contributed by atoms with E-state index in [4.69, 9.17) is 4.74 Å². The summed E-state index contributed by atoms with van der Waals surface area (Å²) < 4.78 is 5.01. The molecule has 0 saturated carbocycles. The number of benzene rings is 1. The van der Waals surface area contributed by atoms with Gasteiger partial charge in [-0.15, -0.1) is 0 Å². The number of nitrogens with one attached hydrogen (secondary N) is 2. The molecule has 0 heterocycles. The predicted octanol–water partition coefficient (Wildman–Crippen LogP) is 1.95.